The predicted octanol–water partition coefficient (Wildman–Crippen LogP) is 3.87. The molecule has 3 nitrogen and oxygen atoms in total. The number of ether oxygens (including phenoxy) is 1. The van der Waals surface area contributed by atoms with E-state index in [2.05, 4.69) is 5.32 Å². The third-order valence-electron chi connectivity index (χ3n) is 3.39. The van der Waals surface area contributed by atoms with Crippen LogP contribution in [0.15, 0.2) is 42.5 Å². The van der Waals surface area contributed by atoms with Gasteiger partial charge in [0.05, 0.1) is 10.0 Å². The lowest BCUT2D eigenvalue weighted by Crippen LogP contribution is -2.32. The minimum Gasteiger partial charge on any atom is -0.491 e. The fourth-order valence-electron chi connectivity index (χ4n) is 2.15. The predicted molar refractivity (Wildman–Crippen MR) is 95.7 cm³/mol. The van der Waals surface area contributed by atoms with Crippen LogP contribution in [0.25, 0.3) is 0 Å². The Balaban J connectivity index is 1.64. The molecule has 0 aliphatic carbocycles. The molecule has 0 bridgehead atoms. The first-order valence-corrected chi connectivity index (χ1v) is 8.32. The number of aliphatic hydroxyl groups is 1. The van der Waals surface area contributed by atoms with E-state index in [9.17, 15) is 5.11 Å². The van der Waals surface area contributed by atoms with Gasteiger partial charge in [-0.25, -0.2) is 0 Å². The van der Waals surface area contributed by atoms with Crippen LogP contribution in [0.3, 0.4) is 0 Å². The largest absolute Gasteiger partial charge is 0.491 e. The topological polar surface area (TPSA) is 41.5 Å². The van der Waals surface area contributed by atoms with Crippen molar-refractivity contribution in [3.63, 3.8) is 0 Å². The molecule has 0 aromatic heterocycles. The molecule has 5 heteroatoms. The van der Waals surface area contributed by atoms with Gasteiger partial charge in [0.2, 0.25) is 0 Å². The summed E-state index contributed by atoms with van der Waals surface area (Å²) in [7, 11) is 0. The molecule has 0 radical (unpaired) electrons. The summed E-state index contributed by atoms with van der Waals surface area (Å²) in [5.74, 6) is 0.778. The highest BCUT2D eigenvalue weighted by molar-refractivity contribution is 6.42. The minimum absolute atomic E-state index is 0.267. The highest BCUT2D eigenvalue weighted by Crippen LogP contribution is 2.22. The zero-order valence-electron chi connectivity index (χ0n) is 13.1. The summed E-state index contributed by atoms with van der Waals surface area (Å²) in [6, 6.07) is 13.4. The second-order valence-electron chi connectivity index (χ2n) is 5.48. The summed E-state index contributed by atoms with van der Waals surface area (Å²) in [6.07, 6.45) is 0.270. The number of benzene rings is 2. The molecule has 124 valence electrons. The normalized spacial score (nSPS) is 12.2. The highest BCUT2D eigenvalue weighted by Gasteiger charge is 2.05. The molecule has 0 saturated heterocycles. The van der Waals surface area contributed by atoms with Crippen LogP contribution in [-0.2, 0) is 6.42 Å². The van der Waals surface area contributed by atoms with Gasteiger partial charge in [0.15, 0.2) is 0 Å². The van der Waals surface area contributed by atoms with Crippen molar-refractivity contribution in [2.45, 2.75) is 19.4 Å². The maximum Gasteiger partial charge on any atom is 0.119 e. The lowest BCUT2D eigenvalue weighted by molar-refractivity contribution is 0.106. The Labute approximate surface area is 147 Å². The summed E-state index contributed by atoms with van der Waals surface area (Å²) in [4.78, 5) is 0. The Morgan fingerprint density at radius 2 is 1.96 bits per heavy atom. The van der Waals surface area contributed by atoms with Gasteiger partial charge < -0.3 is 15.2 Å². The van der Waals surface area contributed by atoms with E-state index in [1.54, 1.807) is 6.07 Å². The Morgan fingerprint density at radius 1 is 1.13 bits per heavy atom. The van der Waals surface area contributed by atoms with Crippen molar-refractivity contribution in [3.8, 4) is 5.75 Å². The number of aliphatic hydroxyl groups excluding tert-OH is 1. The van der Waals surface area contributed by atoms with Crippen LogP contribution in [0.5, 0.6) is 5.75 Å². The Bertz CT molecular complexity index is 634. The van der Waals surface area contributed by atoms with Crippen LogP contribution in [-0.4, -0.2) is 30.9 Å². The molecule has 2 N–H and O–H groups in total. The molecular formula is C18H21Cl2NO2. The summed E-state index contributed by atoms with van der Waals surface area (Å²) in [6.45, 7) is 3.50. The van der Waals surface area contributed by atoms with Crippen molar-refractivity contribution in [1.29, 1.82) is 0 Å². The van der Waals surface area contributed by atoms with Gasteiger partial charge in [-0.05, 0) is 55.3 Å². The van der Waals surface area contributed by atoms with Gasteiger partial charge in [-0.3, -0.25) is 0 Å². The number of hydrogen-bond acceptors (Lipinski definition) is 3. The van der Waals surface area contributed by atoms with E-state index in [0.717, 1.165) is 29.8 Å². The van der Waals surface area contributed by atoms with Gasteiger partial charge >= 0.3 is 0 Å². The molecule has 0 saturated carbocycles. The number of halogens is 2. The molecule has 2 rings (SSSR count). The molecule has 0 fully saturated rings. The number of aryl methyl sites for hydroxylation is 1. The van der Waals surface area contributed by atoms with Crippen molar-refractivity contribution in [3.05, 3.63) is 63.6 Å². The third-order valence-corrected chi connectivity index (χ3v) is 4.13. The van der Waals surface area contributed by atoms with E-state index in [4.69, 9.17) is 27.9 Å². The lowest BCUT2D eigenvalue weighted by Gasteiger charge is -2.13. The molecule has 23 heavy (non-hydrogen) atoms. The molecule has 2 aromatic carbocycles. The van der Waals surface area contributed by atoms with Crippen molar-refractivity contribution in [2.75, 3.05) is 19.7 Å². The van der Waals surface area contributed by atoms with Crippen LogP contribution < -0.4 is 10.1 Å². The first-order valence-electron chi connectivity index (χ1n) is 7.57. The standard InChI is InChI=1S/C18H21Cl2NO2/c1-13-3-2-4-16(9-13)23-12-15(22)11-21-8-7-14-5-6-17(19)18(20)10-14/h2-6,9-10,15,21-22H,7-8,11-12H2,1H3/t15-/m0/s1. The zero-order chi connectivity index (χ0) is 16.7. The van der Waals surface area contributed by atoms with E-state index < -0.39 is 6.10 Å². The summed E-state index contributed by atoms with van der Waals surface area (Å²) in [5, 5.41) is 14.3. The fourth-order valence-corrected chi connectivity index (χ4v) is 2.47. The Kier molecular flexibility index (Phi) is 7.18. The Hall–Kier alpha value is -1.26. The molecule has 0 aliphatic heterocycles. The monoisotopic (exact) mass is 353 g/mol. The molecule has 0 spiro atoms. The maximum atomic E-state index is 9.93. The van der Waals surface area contributed by atoms with Gasteiger partial charge in [0.1, 0.15) is 18.5 Å². The average Bonchev–Trinajstić information content (AvgIpc) is 2.53. The van der Waals surface area contributed by atoms with Crippen LogP contribution in [0.4, 0.5) is 0 Å². The minimum atomic E-state index is -0.552. The molecule has 0 amide bonds. The van der Waals surface area contributed by atoms with Crippen LogP contribution >= 0.6 is 23.2 Å². The van der Waals surface area contributed by atoms with Crippen LogP contribution in [0.1, 0.15) is 11.1 Å². The van der Waals surface area contributed by atoms with Crippen LogP contribution in [0, 0.1) is 6.92 Å². The van der Waals surface area contributed by atoms with Gasteiger partial charge in [0, 0.05) is 6.54 Å². The summed E-state index contributed by atoms with van der Waals surface area (Å²) < 4.78 is 5.57. The average molecular weight is 354 g/mol. The van der Waals surface area contributed by atoms with E-state index >= 15 is 0 Å². The lowest BCUT2D eigenvalue weighted by atomic mass is 10.1. The van der Waals surface area contributed by atoms with E-state index in [0.29, 0.717) is 16.6 Å². The first-order chi connectivity index (χ1) is 11.0. The molecule has 0 heterocycles. The summed E-state index contributed by atoms with van der Waals surface area (Å²) >= 11 is 11.9. The fraction of sp³-hybridized carbons (Fsp3) is 0.333. The molecule has 0 unspecified atom stereocenters. The van der Waals surface area contributed by atoms with E-state index in [-0.39, 0.29) is 6.61 Å². The Morgan fingerprint density at radius 3 is 2.70 bits per heavy atom. The van der Waals surface area contributed by atoms with Crippen molar-refractivity contribution < 1.29 is 9.84 Å². The van der Waals surface area contributed by atoms with Crippen LogP contribution in [0.2, 0.25) is 10.0 Å². The quantitative estimate of drug-likeness (QED) is 0.707. The summed E-state index contributed by atoms with van der Waals surface area (Å²) in [5.41, 5.74) is 2.24. The van der Waals surface area contributed by atoms with E-state index in [1.807, 2.05) is 43.3 Å². The second-order valence-corrected chi connectivity index (χ2v) is 6.30. The zero-order valence-corrected chi connectivity index (χ0v) is 14.6. The van der Waals surface area contributed by atoms with Gasteiger partial charge in [-0.1, -0.05) is 41.4 Å². The molecule has 2 aromatic rings. The van der Waals surface area contributed by atoms with Gasteiger partial charge in [0.25, 0.3) is 0 Å². The third kappa shape index (κ3) is 6.40. The SMILES string of the molecule is Cc1cccc(OC[C@@H](O)CNCCc2ccc(Cl)c(Cl)c2)c1. The van der Waals surface area contributed by atoms with E-state index in [1.165, 1.54) is 0 Å². The van der Waals surface area contributed by atoms with Crippen molar-refractivity contribution >= 4 is 23.2 Å². The molecule has 1 atom stereocenters. The maximum absolute atomic E-state index is 9.93. The number of rotatable bonds is 8. The van der Waals surface area contributed by atoms with Gasteiger partial charge in [-0.2, -0.15) is 0 Å². The van der Waals surface area contributed by atoms with Crippen molar-refractivity contribution in [2.24, 2.45) is 0 Å². The highest BCUT2D eigenvalue weighted by atomic mass is 35.5. The number of nitrogens with one attached hydrogen (secondary N) is 1. The van der Waals surface area contributed by atoms with Gasteiger partial charge in [-0.15, -0.1) is 0 Å². The van der Waals surface area contributed by atoms with Crippen molar-refractivity contribution in [1.82, 2.24) is 5.32 Å². The number of hydrogen-bond donors (Lipinski definition) is 2. The first kappa shape index (κ1) is 18.1. The second kappa shape index (κ2) is 9.14. The molecular weight excluding hydrogens is 333 g/mol. The smallest absolute Gasteiger partial charge is 0.119 e. The molecule has 0 aliphatic rings.